The molecular weight excluding hydrogens is 152 g/mol. The van der Waals surface area contributed by atoms with Gasteiger partial charge in [0.2, 0.25) is 0 Å². The Morgan fingerprint density at radius 3 is 3.25 bits per heavy atom. The van der Waals surface area contributed by atoms with E-state index in [1.54, 1.807) is 7.11 Å². The fourth-order valence-corrected chi connectivity index (χ4v) is 1.76. The van der Waals surface area contributed by atoms with E-state index in [2.05, 4.69) is 16.7 Å². The summed E-state index contributed by atoms with van der Waals surface area (Å²) in [6.07, 6.45) is 4.53. The second-order valence-corrected chi connectivity index (χ2v) is 3.35. The summed E-state index contributed by atoms with van der Waals surface area (Å²) in [7, 11) is 1.77. The van der Waals surface area contributed by atoms with Gasteiger partial charge in [0.1, 0.15) is 0 Å². The molecule has 12 heavy (non-hydrogen) atoms. The number of methoxy groups -OCH3 is 1. The third-order valence-corrected chi connectivity index (χ3v) is 2.57. The van der Waals surface area contributed by atoms with E-state index < -0.39 is 0 Å². The van der Waals surface area contributed by atoms with Gasteiger partial charge in [-0.2, -0.15) is 5.10 Å². The Hall–Kier alpha value is -0.830. The summed E-state index contributed by atoms with van der Waals surface area (Å²) in [5.74, 6) is 0. The molecule has 1 aliphatic rings. The van der Waals surface area contributed by atoms with Crippen molar-refractivity contribution in [1.82, 2.24) is 9.78 Å². The van der Waals surface area contributed by atoms with Gasteiger partial charge < -0.3 is 4.74 Å². The first-order valence-corrected chi connectivity index (χ1v) is 4.35. The highest BCUT2D eigenvalue weighted by Crippen LogP contribution is 2.18. The lowest BCUT2D eigenvalue weighted by Gasteiger charge is -2.22. The highest BCUT2D eigenvalue weighted by molar-refractivity contribution is 5.17. The van der Waals surface area contributed by atoms with Crippen molar-refractivity contribution in [3.63, 3.8) is 0 Å². The second-order valence-electron chi connectivity index (χ2n) is 3.35. The molecule has 1 aromatic heterocycles. The summed E-state index contributed by atoms with van der Waals surface area (Å²) in [6.45, 7) is 3.03. The third-order valence-electron chi connectivity index (χ3n) is 2.57. The lowest BCUT2D eigenvalue weighted by Crippen LogP contribution is -2.26. The zero-order chi connectivity index (χ0) is 8.55. The van der Waals surface area contributed by atoms with Gasteiger partial charge in [-0.25, -0.2) is 0 Å². The van der Waals surface area contributed by atoms with Crippen LogP contribution in [0.5, 0.6) is 0 Å². The molecule has 0 saturated carbocycles. The highest BCUT2D eigenvalue weighted by Gasteiger charge is 2.19. The minimum Gasteiger partial charge on any atom is -0.380 e. The summed E-state index contributed by atoms with van der Waals surface area (Å²) in [5.41, 5.74) is 2.69. The Labute approximate surface area is 72.3 Å². The number of fused-ring (bicyclic) bond motifs is 1. The van der Waals surface area contributed by atoms with Gasteiger partial charge in [-0.1, -0.05) is 0 Å². The van der Waals surface area contributed by atoms with E-state index in [0.717, 1.165) is 19.4 Å². The molecule has 0 unspecified atom stereocenters. The van der Waals surface area contributed by atoms with Crippen molar-refractivity contribution in [2.24, 2.45) is 0 Å². The normalized spacial score (nSPS) is 22.3. The molecule has 2 heterocycles. The molecule has 1 aliphatic heterocycles. The van der Waals surface area contributed by atoms with Crippen LogP contribution < -0.4 is 0 Å². The molecule has 3 heteroatoms. The molecule has 0 radical (unpaired) electrons. The number of aromatic nitrogens is 2. The van der Waals surface area contributed by atoms with E-state index in [1.807, 2.05) is 6.20 Å². The van der Waals surface area contributed by atoms with Crippen LogP contribution in [0, 0.1) is 6.92 Å². The first kappa shape index (κ1) is 7.80. The molecule has 0 saturated heterocycles. The maximum Gasteiger partial charge on any atom is 0.0771 e. The lowest BCUT2D eigenvalue weighted by atomic mass is 10.1. The van der Waals surface area contributed by atoms with Gasteiger partial charge in [0.05, 0.1) is 18.8 Å². The largest absolute Gasteiger partial charge is 0.380 e. The van der Waals surface area contributed by atoms with Crippen LogP contribution in [0.3, 0.4) is 0 Å². The van der Waals surface area contributed by atoms with Gasteiger partial charge in [-0.05, 0) is 25.3 Å². The maximum absolute atomic E-state index is 5.30. The van der Waals surface area contributed by atoms with E-state index >= 15 is 0 Å². The van der Waals surface area contributed by atoms with Crippen LogP contribution in [0.1, 0.15) is 17.7 Å². The number of rotatable bonds is 1. The Kier molecular flexibility index (Phi) is 1.89. The molecule has 3 nitrogen and oxygen atoms in total. The van der Waals surface area contributed by atoms with E-state index in [1.165, 1.54) is 11.3 Å². The first-order chi connectivity index (χ1) is 5.81. The van der Waals surface area contributed by atoms with Crippen LogP contribution >= 0.6 is 0 Å². The molecular formula is C9H14N2O. The van der Waals surface area contributed by atoms with Gasteiger partial charge in [0.15, 0.2) is 0 Å². The lowest BCUT2D eigenvalue weighted by molar-refractivity contribution is 0.0672. The smallest absolute Gasteiger partial charge is 0.0771 e. The van der Waals surface area contributed by atoms with Gasteiger partial charge in [0.25, 0.3) is 0 Å². The third kappa shape index (κ3) is 1.14. The van der Waals surface area contributed by atoms with Crippen LogP contribution in [0.2, 0.25) is 0 Å². The van der Waals surface area contributed by atoms with Crippen molar-refractivity contribution in [2.45, 2.75) is 32.4 Å². The molecule has 0 fully saturated rings. The first-order valence-electron chi connectivity index (χ1n) is 4.35. The summed E-state index contributed by atoms with van der Waals surface area (Å²) in [5, 5.41) is 4.29. The number of nitrogens with zero attached hydrogens (tertiary/aromatic N) is 2. The summed E-state index contributed by atoms with van der Waals surface area (Å²) in [4.78, 5) is 0. The van der Waals surface area contributed by atoms with Crippen LogP contribution in [-0.4, -0.2) is 23.0 Å². The molecule has 0 aliphatic carbocycles. The van der Waals surface area contributed by atoms with Crippen LogP contribution in [0.15, 0.2) is 6.20 Å². The Morgan fingerprint density at radius 2 is 2.50 bits per heavy atom. The zero-order valence-corrected chi connectivity index (χ0v) is 7.58. The zero-order valence-electron chi connectivity index (χ0n) is 7.58. The Morgan fingerprint density at radius 1 is 1.67 bits per heavy atom. The number of hydrogen-bond acceptors (Lipinski definition) is 2. The van der Waals surface area contributed by atoms with E-state index in [9.17, 15) is 0 Å². The quantitative estimate of drug-likeness (QED) is 0.626. The number of hydrogen-bond donors (Lipinski definition) is 0. The predicted molar refractivity (Wildman–Crippen MR) is 46.1 cm³/mol. The molecule has 1 aromatic rings. The monoisotopic (exact) mass is 166 g/mol. The standard InChI is InChI=1S/C9H14N2O/c1-7-5-10-11-6-8(12-2)3-4-9(7)11/h5,8H,3-4,6H2,1-2H3/t8-/m0/s1. The minimum absolute atomic E-state index is 0.358. The Balaban J connectivity index is 2.24. The molecule has 0 N–H and O–H groups in total. The minimum atomic E-state index is 0.358. The van der Waals surface area contributed by atoms with Crippen molar-refractivity contribution < 1.29 is 4.74 Å². The fraction of sp³-hybridized carbons (Fsp3) is 0.667. The van der Waals surface area contributed by atoms with Crippen LogP contribution in [-0.2, 0) is 17.7 Å². The summed E-state index contributed by atoms with van der Waals surface area (Å²) < 4.78 is 7.36. The van der Waals surface area contributed by atoms with Crippen LogP contribution in [0.25, 0.3) is 0 Å². The van der Waals surface area contributed by atoms with Crippen LogP contribution in [0.4, 0.5) is 0 Å². The van der Waals surface area contributed by atoms with Gasteiger partial charge in [0, 0.05) is 12.8 Å². The molecule has 0 amide bonds. The summed E-state index contributed by atoms with van der Waals surface area (Å²) in [6, 6.07) is 0. The van der Waals surface area contributed by atoms with E-state index in [4.69, 9.17) is 4.74 Å². The molecule has 66 valence electrons. The molecule has 1 atom stereocenters. The summed E-state index contributed by atoms with van der Waals surface area (Å²) >= 11 is 0. The second kappa shape index (κ2) is 2.90. The fourth-order valence-electron chi connectivity index (χ4n) is 1.76. The maximum atomic E-state index is 5.30. The van der Waals surface area contributed by atoms with Gasteiger partial charge in [-0.15, -0.1) is 0 Å². The van der Waals surface area contributed by atoms with E-state index in [0.29, 0.717) is 6.10 Å². The topological polar surface area (TPSA) is 27.1 Å². The molecule has 0 spiro atoms. The highest BCUT2D eigenvalue weighted by atomic mass is 16.5. The number of aryl methyl sites for hydroxylation is 1. The van der Waals surface area contributed by atoms with Crippen molar-refractivity contribution in [1.29, 1.82) is 0 Å². The van der Waals surface area contributed by atoms with Gasteiger partial charge >= 0.3 is 0 Å². The predicted octanol–water partition coefficient (Wildman–Crippen LogP) is 1.15. The molecule has 0 bridgehead atoms. The molecule has 2 rings (SSSR count). The SMILES string of the molecule is CO[C@H]1CCc2c(C)cnn2C1. The average molecular weight is 166 g/mol. The average Bonchev–Trinajstić information content (AvgIpc) is 2.47. The van der Waals surface area contributed by atoms with E-state index in [-0.39, 0.29) is 0 Å². The van der Waals surface area contributed by atoms with Crippen molar-refractivity contribution in [3.8, 4) is 0 Å². The number of ether oxygens (including phenoxy) is 1. The van der Waals surface area contributed by atoms with Crippen molar-refractivity contribution >= 4 is 0 Å². The molecule has 0 aromatic carbocycles. The van der Waals surface area contributed by atoms with Crippen molar-refractivity contribution in [3.05, 3.63) is 17.5 Å². The Bertz CT molecular complexity index is 280. The van der Waals surface area contributed by atoms with Crippen molar-refractivity contribution in [2.75, 3.05) is 7.11 Å². The van der Waals surface area contributed by atoms with Gasteiger partial charge in [-0.3, -0.25) is 4.68 Å².